The van der Waals surface area contributed by atoms with Gasteiger partial charge in [0.15, 0.2) is 0 Å². The van der Waals surface area contributed by atoms with Gasteiger partial charge < -0.3 is 23.7 Å². The van der Waals surface area contributed by atoms with Crippen LogP contribution in [0.2, 0.25) is 0 Å². The van der Waals surface area contributed by atoms with E-state index in [1.807, 2.05) is 25.4 Å². The molecule has 5 aromatic carbocycles. The van der Waals surface area contributed by atoms with Gasteiger partial charge in [-0.3, -0.25) is 0 Å². The maximum absolute atomic E-state index is 6.68. The molecule has 1 aliphatic heterocycles. The van der Waals surface area contributed by atoms with E-state index in [0.717, 1.165) is 61.0 Å². The van der Waals surface area contributed by atoms with Crippen molar-refractivity contribution in [1.82, 2.24) is 19.0 Å². The molecule has 7 heteroatoms. The predicted octanol–water partition coefficient (Wildman–Crippen LogP) is 10.4. The van der Waals surface area contributed by atoms with Crippen LogP contribution in [-0.4, -0.2) is 26.1 Å². The summed E-state index contributed by atoms with van der Waals surface area (Å²) < 4.78 is 11.1. The molecule has 1 aliphatic rings. The van der Waals surface area contributed by atoms with E-state index < -0.39 is 0 Å². The number of fused-ring (bicyclic) bond motifs is 6. The minimum absolute atomic E-state index is 0. The summed E-state index contributed by atoms with van der Waals surface area (Å²) in [5, 5.41) is 4.57. The summed E-state index contributed by atoms with van der Waals surface area (Å²) in [6, 6.07) is 45.2. The standard InChI is InChI=1S/C44H36N5O.Pt/c1-44(2,3)30-21-31(48-28-46(4)27-42(48)29-13-7-6-8-14-29)23-33(22-30)50-32-19-20-36-34-15-10-12-18-39(34)49(41(36)24-32)43-25-40-37(26-45-43)35-16-9-11-17-38(35)47(40)5;/h6-22,25-28H,1-5H3;/q-3;. The van der Waals surface area contributed by atoms with Gasteiger partial charge >= 0.3 is 0 Å². The molecule has 6 nitrogen and oxygen atoms in total. The Balaban J connectivity index is 0.00000374. The van der Waals surface area contributed by atoms with Gasteiger partial charge in [-0.2, -0.15) is 12.7 Å². The van der Waals surface area contributed by atoms with Crippen LogP contribution in [0.3, 0.4) is 0 Å². The van der Waals surface area contributed by atoms with Crippen molar-refractivity contribution >= 4 is 55.0 Å². The first-order valence-corrected chi connectivity index (χ1v) is 16.9. The van der Waals surface area contributed by atoms with E-state index in [1.54, 1.807) is 0 Å². The number of pyridine rings is 1. The predicted molar refractivity (Wildman–Crippen MR) is 204 cm³/mol. The maximum atomic E-state index is 6.68. The molecule has 0 N–H and O–H groups in total. The minimum atomic E-state index is -0.115. The Bertz CT molecular complexity index is 2630. The number of hydrogen-bond donors (Lipinski definition) is 0. The molecular formula is C44H36N5OPt-3. The number of aromatic nitrogens is 3. The summed E-state index contributed by atoms with van der Waals surface area (Å²) in [6.07, 6.45) is 4.13. The van der Waals surface area contributed by atoms with Crippen molar-refractivity contribution < 1.29 is 25.8 Å². The maximum Gasteiger partial charge on any atom is 0.137 e. The SMILES string of the molecule is CN1C=C(c2ccccc2)N(c2[c-]c(Oc3[c-]c4c(cc3)c3ccccc3n4-c3cc4c(cn3)c3ccccc3n4C)cc(C(C)(C)C)c2)[CH-]1.[Pt]. The van der Waals surface area contributed by atoms with Gasteiger partial charge in [-0.15, -0.1) is 47.0 Å². The monoisotopic (exact) mass is 845 g/mol. The van der Waals surface area contributed by atoms with Crippen LogP contribution in [0.4, 0.5) is 5.69 Å². The summed E-state index contributed by atoms with van der Waals surface area (Å²) in [5.74, 6) is 2.08. The van der Waals surface area contributed by atoms with Gasteiger partial charge in [0.05, 0.1) is 5.52 Å². The number of nitrogens with zero attached hydrogens (tertiary/aromatic N) is 5. The Kier molecular flexibility index (Phi) is 8.03. The first kappa shape index (κ1) is 32.9. The van der Waals surface area contributed by atoms with Crippen molar-refractivity contribution in [1.29, 1.82) is 0 Å². The van der Waals surface area contributed by atoms with Crippen LogP contribution < -0.4 is 9.64 Å². The van der Waals surface area contributed by atoms with E-state index >= 15 is 0 Å². The third kappa shape index (κ3) is 5.59. The van der Waals surface area contributed by atoms with Crippen LogP contribution in [0, 0.1) is 18.8 Å². The Labute approximate surface area is 312 Å². The molecule has 0 amide bonds. The van der Waals surface area contributed by atoms with Crippen molar-refractivity contribution in [2.75, 3.05) is 11.9 Å². The fourth-order valence-electron chi connectivity index (χ4n) is 7.15. The van der Waals surface area contributed by atoms with Crippen molar-refractivity contribution in [3.8, 4) is 17.3 Å². The number of anilines is 1. The summed E-state index contributed by atoms with van der Waals surface area (Å²) in [7, 11) is 4.16. The Morgan fingerprint density at radius 1 is 0.686 bits per heavy atom. The molecule has 0 saturated heterocycles. The van der Waals surface area contributed by atoms with Gasteiger partial charge in [-0.05, 0) is 41.7 Å². The van der Waals surface area contributed by atoms with Crippen LogP contribution in [0.1, 0.15) is 31.9 Å². The summed E-state index contributed by atoms with van der Waals surface area (Å²) in [5.41, 5.74) is 8.45. The van der Waals surface area contributed by atoms with Crippen LogP contribution in [-0.2, 0) is 33.5 Å². The molecule has 0 spiro atoms. The van der Waals surface area contributed by atoms with Gasteiger partial charge in [-0.25, -0.2) is 4.98 Å². The van der Waals surface area contributed by atoms with E-state index in [-0.39, 0.29) is 26.5 Å². The fraction of sp³-hybridized carbons (Fsp3) is 0.136. The largest absolute Gasteiger partial charge is 0.510 e. The third-order valence-corrected chi connectivity index (χ3v) is 9.70. The molecule has 3 aromatic heterocycles. The average molecular weight is 846 g/mol. The van der Waals surface area contributed by atoms with Crippen LogP contribution in [0.25, 0.3) is 55.1 Å². The normalized spacial score (nSPS) is 13.4. The Morgan fingerprint density at radius 2 is 1.39 bits per heavy atom. The molecule has 51 heavy (non-hydrogen) atoms. The average Bonchev–Trinajstić information content (AvgIpc) is 3.77. The second-order valence-electron chi connectivity index (χ2n) is 14.1. The molecule has 0 saturated carbocycles. The molecule has 0 fully saturated rings. The molecule has 0 unspecified atom stereocenters. The van der Waals surface area contributed by atoms with Gasteiger partial charge in [0.2, 0.25) is 0 Å². The number of benzene rings is 5. The molecule has 0 bridgehead atoms. The molecule has 9 rings (SSSR count). The van der Waals surface area contributed by atoms with Gasteiger partial charge in [0, 0.05) is 79.4 Å². The Hall–Kier alpha value is -5.32. The van der Waals surface area contributed by atoms with E-state index in [4.69, 9.17) is 9.72 Å². The van der Waals surface area contributed by atoms with E-state index in [2.05, 4.69) is 169 Å². The van der Waals surface area contributed by atoms with Crippen molar-refractivity contribution in [2.24, 2.45) is 7.05 Å². The summed E-state index contributed by atoms with van der Waals surface area (Å²) in [6.45, 7) is 8.75. The van der Waals surface area contributed by atoms with Gasteiger partial charge in [0.1, 0.15) is 5.82 Å². The van der Waals surface area contributed by atoms with E-state index in [1.165, 1.54) is 10.9 Å². The first-order chi connectivity index (χ1) is 24.2. The third-order valence-electron chi connectivity index (χ3n) is 9.70. The number of rotatable bonds is 5. The van der Waals surface area contributed by atoms with Crippen LogP contribution >= 0.6 is 0 Å². The van der Waals surface area contributed by atoms with E-state index in [0.29, 0.717) is 11.5 Å². The molecule has 4 heterocycles. The zero-order chi connectivity index (χ0) is 34.1. The molecule has 0 radical (unpaired) electrons. The second-order valence-corrected chi connectivity index (χ2v) is 14.1. The zero-order valence-corrected chi connectivity index (χ0v) is 31.4. The number of para-hydroxylation sites is 2. The summed E-state index contributed by atoms with van der Waals surface area (Å²) in [4.78, 5) is 9.28. The number of aryl methyl sites for hydroxylation is 1. The molecule has 256 valence electrons. The molecule has 0 atom stereocenters. The van der Waals surface area contributed by atoms with E-state index in [9.17, 15) is 0 Å². The molecular weight excluding hydrogens is 810 g/mol. The quantitative estimate of drug-likeness (QED) is 0.162. The van der Waals surface area contributed by atoms with Crippen molar-refractivity contribution in [2.45, 2.75) is 26.2 Å². The number of ether oxygens (including phenoxy) is 1. The minimum Gasteiger partial charge on any atom is -0.510 e. The van der Waals surface area contributed by atoms with Crippen molar-refractivity contribution in [3.63, 3.8) is 0 Å². The molecule has 0 aliphatic carbocycles. The Morgan fingerprint density at radius 3 is 2.16 bits per heavy atom. The fourth-order valence-corrected chi connectivity index (χ4v) is 7.15. The topological polar surface area (TPSA) is 38.5 Å². The zero-order valence-electron chi connectivity index (χ0n) is 29.1. The number of hydrogen-bond acceptors (Lipinski definition) is 4. The van der Waals surface area contributed by atoms with Crippen LogP contribution in [0.5, 0.6) is 11.5 Å². The van der Waals surface area contributed by atoms with Gasteiger partial charge in [0.25, 0.3) is 0 Å². The smallest absolute Gasteiger partial charge is 0.137 e. The van der Waals surface area contributed by atoms with Crippen molar-refractivity contribution in [3.05, 3.63) is 152 Å². The summed E-state index contributed by atoms with van der Waals surface area (Å²) >= 11 is 0. The van der Waals surface area contributed by atoms with Gasteiger partial charge in [-0.1, -0.05) is 93.0 Å². The second kappa shape index (κ2) is 12.5. The first-order valence-electron chi connectivity index (χ1n) is 16.9. The van der Waals surface area contributed by atoms with Crippen LogP contribution in [0.15, 0.2) is 122 Å². The molecule has 8 aromatic rings.